The largest absolute Gasteiger partial charge is 0.336 e. The molecule has 1 aliphatic rings. The van der Waals surface area contributed by atoms with E-state index < -0.39 is 5.25 Å². The summed E-state index contributed by atoms with van der Waals surface area (Å²) in [5.41, 5.74) is 0.813. The van der Waals surface area contributed by atoms with Gasteiger partial charge in [-0.1, -0.05) is 30.0 Å². The minimum absolute atomic E-state index is 0.248. The van der Waals surface area contributed by atoms with E-state index in [1.165, 1.54) is 16.7 Å². The molecule has 0 bridgehead atoms. The lowest BCUT2D eigenvalue weighted by molar-refractivity contribution is -0.126. The van der Waals surface area contributed by atoms with Gasteiger partial charge in [-0.15, -0.1) is 5.10 Å². The normalized spacial score (nSPS) is 15.7. The van der Waals surface area contributed by atoms with E-state index in [2.05, 4.69) is 20.8 Å². The van der Waals surface area contributed by atoms with Gasteiger partial charge in [-0.2, -0.15) is 4.68 Å². The molecule has 0 radical (unpaired) electrons. The predicted molar refractivity (Wildman–Crippen MR) is 79.6 cm³/mol. The van der Waals surface area contributed by atoms with E-state index in [1.54, 1.807) is 11.6 Å². The van der Waals surface area contributed by atoms with E-state index >= 15 is 0 Å². The van der Waals surface area contributed by atoms with E-state index in [0.717, 1.165) is 5.69 Å². The first-order valence-electron chi connectivity index (χ1n) is 6.76. The summed E-state index contributed by atoms with van der Waals surface area (Å²) in [5, 5.41) is 14.2. The fraction of sp³-hybridized carbons (Fsp3) is 0.308. The van der Waals surface area contributed by atoms with Crippen molar-refractivity contribution in [3.63, 3.8) is 0 Å². The van der Waals surface area contributed by atoms with Crippen LogP contribution in [0.1, 0.15) is 6.92 Å². The molecule has 1 aliphatic heterocycles. The Bertz CT molecular complexity index is 689. The molecule has 9 heteroatoms. The predicted octanol–water partition coefficient (Wildman–Crippen LogP) is 0.695. The van der Waals surface area contributed by atoms with Gasteiger partial charge in [-0.25, -0.2) is 4.79 Å². The molecule has 2 aromatic rings. The van der Waals surface area contributed by atoms with Crippen LogP contribution < -0.4 is 5.32 Å². The first kappa shape index (κ1) is 14.5. The Morgan fingerprint density at radius 2 is 2.14 bits per heavy atom. The van der Waals surface area contributed by atoms with Crippen molar-refractivity contribution in [2.75, 3.05) is 13.1 Å². The minimum Gasteiger partial charge on any atom is -0.336 e. The van der Waals surface area contributed by atoms with E-state index in [9.17, 15) is 9.59 Å². The fourth-order valence-corrected chi connectivity index (χ4v) is 2.96. The van der Waals surface area contributed by atoms with Gasteiger partial charge in [0.1, 0.15) is 0 Å². The first-order valence-corrected chi connectivity index (χ1v) is 7.64. The summed E-state index contributed by atoms with van der Waals surface area (Å²) in [6.07, 6.45) is 0. The van der Waals surface area contributed by atoms with Crippen LogP contribution in [0.4, 0.5) is 4.79 Å². The summed E-state index contributed by atoms with van der Waals surface area (Å²) in [6.45, 7) is 2.62. The van der Waals surface area contributed by atoms with Crippen LogP contribution in [0.5, 0.6) is 0 Å². The van der Waals surface area contributed by atoms with Gasteiger partial charge in [0.25, 0.3) is 0 Å². The van der Waals surface area contributed by atoms with Gasteiger partial charge in [-0.3, -0.25) is 9.69 Å². The fourth-order valence-electron chi connectivity index (χ4n) is 2.09. The summed E-state index contributed by atoms with van der Waals surface area (Å²) >= 11 is 1.22. The molecule has 3 amide bonds. The second kappa shape index (κ2) is 6.14. The van der Waals surface area contributed by atoms with Crippen molar-refractivity contribution >= 4 is 23.7 Å². The maximum atomic E-state index is 12.3. The van der Waals surface area contributed by atoms with Crippen molar-refractivity contribution in [2.24, 2.45) is 0 Å². The average Bonchev–Trinajstić information content (AvgIpc) is 3.16. The lowest BCUT2D eigenvalue weighted by atomic mass is 10.3. The molecule has 1 N–H and O–H groups in total. The average molecular weight is 318 g/mol. The number of amides is 3. The van der Waals surface area contributed by atoms with Crippen LogP contribution in [0.25, 0.3) is 5.69 Å². The minimum atomic E-state index is -0.461. The highest BCUT2D eigenvalue weighted by Crippen LogP contribution is 2.24. The van der Waals surface area contributed by atoms with Crippen LogP contribution in [0.2, 0.25) is 0 Å². The second-order valence-corrected chi connectivity index (χ2v) is 6.00. The molecule has 1 aromatic carbocycles. The summed E-state index contributed by atoms with van der Waals surface area (Å²) in [5.74, 6) is -0.248. The van der Waals surface area contributed by atoms with E-state index in [4.69, 9.17) is 0 Å². The summed E-state index contributed by atoms with van der Waals surface area (Å²) in [6, 6.07) is 9.07. The maximum Gasteiger partial charge on any atom is 0.324 e. The number of benzene rings is 1. The monoisotopic (exact) mass is 318 g/mol. The zero-order chi connectivity index (χ0) is 15.5. The number of urea groups is 1. The number of nitrogens with one attached hydrogen (secondary N) is 1. The Balaban J connectivity index is 1.75. The standard InChI is InChI=1S/C13H14N6O2S/c1-9(11(20)18-8-7-14-12(18)21)22-13-15-16-17-19(13)10-5-3-2-4-6-10/h2-6,9H,7-8H2,1H3,(H,14,21)/t9-/m1/s1. The van der Waals surface area contributed by atoms with Crippen molar-refractivity contribution in [3.8, 4) is 5.69 Å². The number of hydrogen-bond donors (Lipinski definition) is 1. The summed E-state index contributed by atoms with van der Waals surface area (Å²) < 4.78 is 1.57. The molecule has 1 atom stereocenters. The highest BCUT2D eigenvalue weighted by molar-refractivity contribution is 8.00. The molecule has 2 heterocycles. The number of para-hydroxylation sites is 1. The smallest absolute Gasteiger partial charge is 0.324 e. The van der Waals surface area contributed by atoms with Gasteiger partial charge in [0.05, 0.1) is 10.9 Å². The molecule has 1 fully saturated rings. The number of hydrogen-bond acceptors (Lipinski definition) is 6. The van der Waals surface area contributed by atoms with Crippen LogP contribution in [0.15, 0.2) is 35.5 Å². The van der Waals surface area contributed by atoms with Gasteiger partial charge >= 0.3 is 6.03 Å². The highest BCUT2D eigenvalue weighted by atomic mass is 32.2. The molecular weight excluding hydrogens is 304 g/mol. The number of carbonyl (C=O) groups is 2. The van der Waals surface area contributed by atoms with Crippen molar-refractivity contribution in [1.29, 1.82) is 0 Å². The highest BCUT2D eigenvalue weighted by Gasteiger charge is 2.31. The molecule has 114 valence electrons. The lowest BCUT2D eigenvalue weighted by Crippen LogP contribution is -2.39. The second-order valence-electron chi connectivity index (χ2n) is 4.69. The maximum absolute atomic E-state index is 12.3. The lowest BCUT2D eigenvalue weighted by Gasteiger charge is -2.16. The Morgan fingerprint density at radius 1 is 1.36 bits per heavy atom. The summed E-state index contributed by atoms with van der Waals surface area (Å²) in [4.78, 5) is 25.1. The third kappa shape index (κ3) is 2.80. The van der Waals surface area contributed by atoms with Crippen LogP contribution in [-0.4, -0.2) is 55.4 Å². The van der Waals surface area contributed by atoms with Gasteiger partial charge in [0.15, 0.2) is 0 Å². The first-order chi connectivity index (χ1) is 10.7. The number of imide groups is 1. The zero-order valence-corrected chi connectivity index (χ0v) is 12.7. The molecular formula is C13H14N6O2S. The van der Waals surface area contributed by atoms with Crippen LogP contribution in [-0.2, 0) is 4.79 Å². The Hall–Kier alpha value is -2.42. The zero-order valence-electron chi connectivity index (χ0n) is 11.8. The van der Waals surface area contributed by atoms with Crippen molar-refractivity contribution in [1.82, 2.24) is 30.4 Å². The molecule has 0 saturated carbocycles. The van der Waals surface area contributed by atoms with Gasteiger partial charge in [-0.05, 0) is 29.5 Å². The van der Waals surface area contributed by atoms with Crippen molar-refractivity contribution in [3.05, 3.63) is 30.3 Å². The third-order valence-electron chi connectivity index (χ3n) is 3.19. The van der Waals surface area contributed by atoms with Gasteiger partial charge < -0.3 is 5.32 Å². The van der Waals surface area contributed by atoms with Crippen LogP contribution >= 0.6 is 11.8 Å². The summed E-state index contributed by atoms with van der Waals surface area (Å²) in [7, 11) is 0. The molecule has 1 aromatic heterocycles. The molecule has 3 rings (SSSR count). The number of carbonyl (C=O) groups excluding carboxylic acids is 2. The number of rotatable bonds is 4. The molecule has 0 unspecified atom stereocenters. The van der Waals surface area contributed by atoms with E-state index in [1.807, 2.05) is 30.3 Å². The van der Waals surface area contributed by atoms with E-state index in [-0.39, 0.29) is 11.9 Å². The SMILES string of the molecule is C[C@@H](Sc1nnnn1-c1ccccc1)C(=O)N1CCNC1=O. The molecule has 8 nitrogen and oxygen atoms in total. The van der Waals surface area contributed by atoms with Crippen LogP contribution in [0, 0.1) is 0 Å². The quantitative estimate of drug-likeness (QED) is 0.834. The topological polar surface area (TPSA) is 93.0 Å². The van der Waals surface area contributed by atoms with Gasteiger partial charge in [0.2, 0.25) is 11.1 Å². The Kier molecular flexibility index (Phi) is 4.05. The van der Waals surface area contributed by atoms with Crippen molar-refractivity contribution < 1.29 is 9.59 Å². The Labute approximate surface area is 130 Å². The Morgan fingerprint density at radius 3 is 2.82 bits per heavy atom. The van der Waals surface area contributed by atoms with E-state index in [0.29, 0.717) is 18.2 Å². The third-order valence-corrected chi connectivity index (χ3v) is 4.22. The van der Waals surface area contributed by atoms with Crippen molar-refractivity contribution in [2.45, 2.75) is 17.3 Å². The van der Waals surface area contributed by atoms with Crippen LogP contribution in [0.3, 0.4) is 0 Å². The molecule has 22 heavy (non-hydrogen) atoms. The number of tetrazole rings is 1. The van der Waals surface area contributed by atoms with Gasteiger partial charge in [0, 0.05) is 13.1 Å². The number of aromatic nitrogens is 4. The molecule has 0 spiro atoms. The number of thioether (sulfide) groups is 1. The molecule has 1 saturated heterocycles. The number of nitrogens with zero attached hydrogens (tertiary/aromatic N) is 5. The molecule has 0 aliphatic carbocycles.